The Morgan fingerprint density at radius 1 is 1.12 bits per heavy atom. The van der Waals surface area contributed by atoms with Crippen LogP contribution in [0.5, 0.6) is 0 Å². The number of para-hydroxylation sites is 2. The van der Waals surface area contributed by atoms with E-state index in [2.05, 4.69) is 11.4 Å². The number of nitriles is 1. The van der Waals surface area contributed by atoms with E-state index in [-0.39, 0.29) is 30.4 Å². The van der Waals surface area contributed by atoms with Crippen LogP contribution in [-0.4, -0.2) is 52.0 Å². The molecule has 2 rings (SSSR count). The van der Waals surface area contributed by atoms with Crippen molar-refractivity contribution in [3.63, 3.8) is 0 Å². The van der Waals surface area contributed by atoms with Crippen LogP contribution in [-0.2, 0) is 9.59 Å². The molecule has 1 amide bonds. The van der Waals surface area contributed by atoms with Crippen LogP contribution >= 0.6 is 0 Å². The minimum absolute atomic E-state index is 0.0918. The zero-order valence-electron chi connectivity index (χ0n) is 15.8. The highest BCUT2D eigenvalue weighted by Crippen LogP contribution is 2.40. The fourth-order valence-electron chi connectivity index (χ4n) is 3.17. The maximum atomic E-state index is 12.8. The van der Waals surface area contributed by atoms with E-state index >= 15 is 0 Å². The van der Waals surface area contributed by atoms with Crippen molar-refractivity contribution in [3.8, 4) is 6.07 Å². The van der Waals surface area contributed by atoms with E-state index in [1.165, 1.54) is 0 Å². The quantitative estimate of drug-likeness (QED) is 0.528. The molecular weight excluding hydrogens is 330 g/mol. The maximum Gasteiger partial charge on any atom is 0.275 e. The van der Waals surface area contributed by atoms with Gasteiger partial charge in [-0.2, -0.15) is 5.26 Å². The Bertz CT molecular complexity index is 734. The number of hydrogen-bond donors (Lipinski definition) is 2. The van der Waals surface area contributed by atoms with Crippen molar-refractivity contribution in [2.45, 2.75) is 13.8 Å². The molecule has 0 radical (unpaired) electrons. The first kappa shape index (κ1) is 19.5. The summed E-state index contributed by atoms with van der Waals surface area (Å²) in [5.74, 6) is 0.230. The van der Waals surface area contributed by atoms with Crippen LogP contribution in [0.2, 0.25) is 0 Å². The van der Waals surface area contributed by atoms with Crippen LogP contribution in [0, 0.1) is 11.3 Å². The van der Waals surface area contributed by atoms with Crippen molar-refractivity contribution in [1.82, 2.24) is 5.32 Å². The number of Topliss-reactive ketones (excluding diaryl/α,β-unsaturated/α-hetero) is 1. The van der Waals surface area contributed by atoms with Gasteiger partial charge < -0.3 is 20.0 Å². The summed E-state index contributed by atoms with van der Waals surface area (Å²) in [7, 11) is 3.70. The third kappa shape index (κ3) is 3.86. The van der Waals surface area contributed by atoms with E-state index in [4.69, 9.17) is 0 Å². The van der Waals surface area contributed by atoms with Crippen molar-refractivity contribution in [3.05, 3.63) is 35.7 Å². The molecule has 1 unspecified atom stereocenters. The molecule has 1 atom stereocenters. The van der Waals surface area contributed by atoms with Gasteiger partial charge in [0, 0.05) is 20.6 Å². The molecule has 26 heavy (non-hydrogen) atoms. The first-order valence-electron chi connectivity index (χ1n) is 8.78. The molecule has 2 N–H and O–H groups in total. The average molecular weight is 356 g/mol. The van der Waals surface area contributed by atoms with Gasteiger partial charge in [0.25, 0.3) is 5.91 Å². The summed E-state index contributed by atoms with van der Waals surface area (Å²) in [4.78, 5) is 29.2. The molecule has 138 valence electrons. The Hall–Kier alpha value is -2.85. The Labute approximate surface area is 154 Å². The summed E-state index contributed by atoms with van der Waals surface area (Å²) >= 11 is 0. The van der Waals surface area contributed by atoms with Crippen LogP contribution < -0.4 is 20.0 Å². The molecule has 1 aliphatic heterocycles. The lowest BCUT2D eigenvalue weighted by Crippen LogP contribution is -3.13. The van der Waals surface area contributed by atoms with Crippen LogP contribution in [0.15, 0.2) is 35.7 Å². The molecule has 7 nitrogen and oxygen atoms in total. The molecule has 0 bridgehead atoms. The minimum Gasteiger partial charge on any atom is -0.351 e. The highest BCUT2D eigenvalue weighted by molar-refractivity contribution is 6.03. The van der Waals surface area contributed by atoms with Gasteiger partial charge in [-0.25, -0.2) is 0 Å². The molecule has 0 spiro atoms. The lowest BCUT2D eigenvalue weighted by Gasteiger charge is -2.21. The van der Waals surface area contributed by atoms with Crippen molar-refractivity contribution >= 4 is 23.1 Å². The fourth-order valence-corrected chi connectivity index (χ4v) is 3.17. The normalized spacial score (nSPS) is 13.9. The second-order valence-electron chi connectivity index (χ2n) is 6.25. The molecule has 0 fully saturated rings. The third-order valence-electron chi connectivity index (χ3n) is 4.55. The van der Waals surface area contributed by atoms with Gasteiger partial charge in [0.2, 0.25) is 5.78 Å². The predicted octanol–water partition coefficient (Wildman–Crippen LogP) is -0.0822. The topological polar surface area (TPSA) is 80.9 Å². The van der Waals surface area contributed by atoms with Crippen LogP contribution in [0.25, 0.3) is 0 Å². The molecule has 0 saturated carbocycles. The molecule has 0 aromatic heterocycles. The van der Waals surface area contributed by atoms with Gasteiger partial charge in [0.05, 0.1) is 17.9 Å². The number of amides is 1. The van der Waals surface area contributed by atoms with Gasteiger partial charge in [0.1, 0.15) is 24.0 Å². The number of rotatable bonds is 7. The number of ketones is 1. The largest absolute Gasteiger partial charge is 0.351 e. The minimum atomic E-state index is -0.254. The third-order valence-corrected chi connectivity index (χ3v) is 4.55. The number of anilines is 2. The van der Waals surface area contributed by atoms with Gasteiger partial charge in [-0.1, -0.05) is 12.1 Å². The second-order valence-corrected chi connectivity index (χ2v) is 6.25. The number of carbonyl (C=O) groups excluding carboxylic acids is 2. The molecule has 0 aliphatic carbocycles. The maximum absolute atomic E-state index is 12.8. The Kier molecular flexibility index (Phi) is 6.36. The van der Waals surface area contributed by atoms with Gasteiger partial charge in [-0.05, 0) is 26.0 Å². The first-order chi connectivity index (χ1) is 12.4. The second kappa shape index (κ2) is 8.50. The molecule has 1 aromatic carbocycles. The summed E-state index contributed by atoms with van der Waals surface area (Å²) in [5.41, 5.74) is 2.02. The Morgan fingerprint density at radius 2 is 1.69 bits per heavy atom. The monoisotopic (exact) mass is 356 g/mol. The SMILES string of the molecule is CCNC(=O)C[NH+](CC)CC(=O)C(C#N)=C1N(C)c2ccccc2N1C. The predicted molar refractivity (Wildman–Crippen MR) is 101 cm³/mol. The lowest BCUT2D eigenvalue weighted by molar-refractivity contribution is -0.881. The number of nitrogens with zero attached hydrogens (tertiary/aromatic N) is 3. The number of fused-ring (bicyclic) bond motifs is 1. The molecular formula is C19H26N5O2+. The molecule has 1 heterocycles. The first-order valence-corrected chi connectivity index (χ1v) is 8.78. The summed E-state index contributed by atoms with van der Waals surface area (Å²) in [5, 5.41) is 12.4. The van der Waals surface area contributed by atoms with Gasteiger partial charge in [-0.15, -0.1) is 0 Å². The Morgan fingerprint density at radius 3 is 2.15 bits per heavy atom. The van der Waals surface area contributed by atoms with E-state index in [1.54, 1.807) is 0 Å². The van der Waals surface area contributed by atoms with Gasteiger partial charge in [-0.3, -0.25) is 9.59 Å². The van der Waals surface area contributed by atoms with E-state index in [9.17, 15) is 14.9 Å². The highest BCUT2D eigenvalue weighted by Gasteiger charge is 2.32. The smallest absolute Gasteiger partial charge is 0.275 e. The van der Waals surface area contributed by atoms with Crippen LogP contribution in [0.1, 0.15) is 13.8 Å². The number of hydrogen-bond acceptors (Lipinski definition) is 5. The number of carbonyl (C=O) groups is 2. The average Bonchev–Trinajstić information content (AvgIpc) is 2.87. The summed E-state index contributed by atoms with van der Waals surface area (Å²) < 4.78 is 0. The standard InChI is InChI=1S/C19H25N5O2/c1-5-21-18(26)13-24(6-2)12-17(25)14(11-20)19-22(3)15-9-7-8-10-16(15)23(19)4/h7-10H,5-6,12-13H2,1-4H3,(H,21,26)/p+1. The summed E-state index contributed by atoms with van der Waals surface area (Å²) in [6, 6.07) is 9.84. The highest BCUT2D eigenvalue weighted by atomic mass is 16.2. The van der Waals surface area contributed by atoms with E-state index in [0.717, 1.165) is 16.3 Å². The summed E-state index contributed by atoms with van der Waals surface area (Å²) in [6.07, 6.45) is 0. The number of likely N-dealkylation sites (N-methyl/N-ethyl adjacent to an activating group) is 2. The van der Waals surface area contributed by atoms with E-state index in [1.807, 2.05) is 62.0 Å². The summed E-state index contributed by atoms with van der Waals surface area (Å²) in [6.45, 7) is 5.29. The Balaban J connectivity index is 2.25. The number of nitrogens with one attached hydrogen (secondary N) is 2. The van der Waals surface area contributed by atoms with Crippen molar-refractivity contribution in [2.75, 3.05) is 50.1 Å². The van der Waals surface area contributed by atoms with Crippen LogP contribution in [0.4, 0.5) is 11.4 Å². The zero-order valence-corrected chi connectivity index (χ0v) is 15.8. The van der Waals surface area contributed by atoms with Gasteiger partial charge >= 0.3 is 0 Å². The van der Waals surface area contributed by atoms with Crippen molar-refractivity contribution in [1.29, 1.82) is 5.26 Å². The number of benzene rings is 1. The molecule has 0 saturated heterocycles. The lowest BCUT2D eigenvalue weighted by atomic mass is 10.1. The molecule has 1 aliphatic rings. The zero-order chi connectivity index (χ0) is 19.3. The van der Waals surface area contributed by atoms with E-state index < -0.39 is 0 Å². The van der Waals surface area contributed by atoms with Crippen LogP contribution in [0.3, 0.4) is 0 Å². The van der Waals surface area contributed by atoms with Crippen molar-refractivity contribution < 1.29 is 14.5 Å². The number of quaternary nitrogens is 1. The fraction of sp³-hybridized carbons (Fsp3) is 0.421. The van der Waals surface area contributed by atoms with E-state index in [0.29, 0.717) is 18.9 Å². The van der Waals surface area contributed by atoms with Gasteiger partial charge in [0.15, 0.2) is 6.54 Å². The molecule has 1 aromatic rings. The molecule has 7 heteroatoms. The van der Waals surface area contributed by atoms with Crippen molar-refractivity contribution in [2.24, 2.45) is 0 Å².